The van der Waals surface area contributed by atoms with Crippen molar-refractivity contribution >= 4 is 11.8 Å². The largest absolute Gasteiger partial charge is 0.462 e. The zero-order valence-electron chi connectivity index (χ0n) is 14.6. The molecule has 4 rings (SSSR count). The summed E-state index contributed by atoms with van der Waals surface area (Å²) in [6.07, 6.45) is 5.67. The maximum atomic E-state index is 14.0. The number of Topliss-reactive ketones (excluding diaryl/α,β-unsaturated/α-hetero) is 1. The van der Waals surface area contributed by atoms with Crippen molar-refractivity contribution in [1.82, 2.24) is 0 Å². The molecule has 2 saturated carbocycles. The molecule has 4 aliphatic carbocycles. The van der Waals surface area contributed by atoms with Crippen LogP contribution in [0, 0.1) is 23.2 Å². The Morgan fingerprint density at radius 3 is 2.79 bits per heavy atom. The molecule has 0 unspecified atom stereocenters. The number of alkyl halides is 1. The summed E-state index contributed by atoms with van der Waals surface area (Å²) in [6.45, 7) is 3.79. The van der Waals surface area contributed by atoms with Crippen molar-refractivity contribution in [3.05, 3.63) is 11.1 Å². The quantitative estimate of drug-likeness (QED) is 0.534. The SMILES string of the molecule is CC(=O)O[C@@H]1CC[C@H]2[C@@H]3CCC4=C(C[C@H](F)C(=O)C4)[C@H]3CC[C@]12C. The Morgan fingerprint density at radius 2 is 2.04 bits per heavy atom. The average molecular weight is 334 g/mol. The molecule has 0 heterocycles. The van der Waals surface area contributed by atoms with E-state index in [4.69, 9.17) is 4.74 Å². The van der Waals surface area contributed by atoms with Crippen LogP contribution < -0.4 is 0 Å². The molecule has 0 bridgehead atoms. The second-order valence-corrected chi connectivity index (χ2v) is 8.58. The van der Waals surface area contributed by atoms with Crippen LogP contribution in [0.4, 0.5) is 4.39 Å². The molecular formula is C20H27FO3. The number of halogens is 1. The van der Waals surface area contributed by atoms with Gasteiger partial charge in [0, 0.05) is 25.2 Å². The van der Waals surface area contributed by atoms with Crippen molar-refractivity contribution in [3.63, 3.8) is 0 Å². The highest BCUT2D eigenvalue weighted by Crippen LogP contribution is 2.61. The number of esters is 1. The fourth-order valence-electron chi connectivity index (χ4n) is 6.36. The fraction of sp³-hybridized carbons (Fsp3) is 0.800. The first-order chi connectivity index (χ1) is 11.4. The Hall–Kier alpha value is -1.19. The summed E-state index contributed by atoms with van der Waals surface area (Å²) in [5.41, 5.74) is 2.59. The summed E-state index contributed by atoms with van der Waals surface area (Å²) in [6, 6.07) is 0. The van der Waals surface area contributed by atoms with Gasteiger partial charge in [-0.05, 0) is 56.3 Å². The van der Waals surface area contributed by atoms with E-state index >= 15 is 0 Å². The molecule has 0 aromatic heterocycles. The van der Waals surface area contributed by atoms with Gasteiger partial charge in [0.05, 0.1) is 0 Å². The number of ketones is 1. The predicted molar refractivity (Wildman–Crippen MR) is 88.0 cm³/mol. The molecule has 2 fully saturated rings. The van der Waals surface area contributed by atoms with Gasteiger partial charge in [-0.15, -0.1) is 0 Å². The van der Waals surface area contributed by atoms with Crippen molar-refractivity contribution in [3.8, 4) is 0 Å². The van der Waals surface area contributed by atoms with Crippen molar-refractivity contribution < 1.29 is 18.7 Å². The zero-order valence-corrected chi connectivity index (χ0v) is 14.6. The normalized spacial score (nSPS) is 44.6. The number of rotatable bonds is 1. The first-order valence-electron chi connectivity index (χ1n) is 9.45. The molecule has 6 atom stereocenters. The first-order valence-corrected chi connectivity index (χ1v) is 9.45. The van der Waals surface area contributed by atoms with Crippen LogP contribution in [-0.4, -0.2) is 24.0 Å². The first kappa shape index (κ1) is 16.3. The summed E-state index contributed by atoms with van der Waals surface area (Å²) < 4.78 is 19.7. The van der Waals surface area contributed by atoms with Crippen molar-refractivity contribution in [2.75, 3.05) is 0 Å². The second kappa shape index (κ2) is 5.67. The second-order valence-electron chi connectivity index (χ2n) is 8.58. The van der Waals surface area contributed by atoms with Gasteiger partial charge in [0.2, 0.25) is 0 Å². The van der Waals surface area contributed by atoms with Gasteiger partial charge < -0.3 is 4.74 Å². The van der Waals surface area contributed by atoms with Gasteiger partial charge >= 0.3 is 5.97 Å². The lowest BCUT2D eigenvalue weighted by molar-refractivity contribution is -0.155. The highest BCUT2D eigenvalue weighted by molar-refractivity contribution is 5.87. The molecule has 4 aliphatic rings. The van der Waals surface area contributed by atoms with E-state index in [-0.39, 0.29) is 23.3 Å². The minimum Gasteiger partial charge on any atom is -0.462 e. The molecule has 0 amide bonds. The molecule has 0 saturated heterocycles. The molecule has 4 heteroatoms. The van der Waals surface area contributed by atoms with Crippen LogP contribution in [0.3, 0.4) is 0 Å². The van der Waals surface area contributed by atoms with Gasteiger partial charge in [-0.3, -0.25) is 9.59 Å². The number of fused-ring (bicyclic) bond motifs is 4. The Bertz CT molecular complexity index is 610. The van der Waals surface area contributed by atoms with Gasteiger partial charge in [-0.2, -0.15) is 0 Å². The summed E-state index contributed by atoms with van der Waals surface area (Å²) >= 11 is 0. The number of allylic oxidation sites excluding steroid dienone is 2. The Kier molecular flexibility index (Phi) is 3.85. The van der Waals surface area contributed by atoms with Crippen LogP contribution in [0.5, 0.6) is 0 Å². The zero-order chi connectivity index (χ0) is 17.1. The number of carbonyl (C=O) groups is 2. The number of hydrogen-bond acceptors (Lipinski definition) is 3. The third kappa shape index (κ3) is 2.36. The monoisotopic (exact) mass is 334 g/mol. The predicted octanol–water partition coefficient (Wildman–Crippen LogP) is 4.15. The lowest BCUT2D eigenvalue weighted by Gasteiger charge is -2.51. The number of ether oxygens (including phenoxy) is 1. The topological polar surface area (TPSA) is 43.4 Å². The van der Waals surface area contributed by atoms with Crippen LogP contribution in [-0.2, 0) is 14.3 Å². The van der Waals surface area contributed by atoms with Crippen LogP contribution in [0.1, 0.15) is 65.2 Å². The Balaban J connectivity index is 1.59. The smallest absolute Gasteiger partial charge is 0.302 e. The van der Waals surface area contributed by atoms with Gasteiger partial charge in [0.1, 0.15) is 6.10 Å². The van der Waals surface area contributed by atoms with E-state index in [0.29, 0.717) is 30.6 Å². The van der Waals surface area contributed by atoms with E-state index < -0.39 is 6.17 Å². The highest BCUT2D eigenvalue weighted by atomic mass is 19.1. The lowest BCUT2D eigenvalue weighted by atomic mass is 9.54. The van der Waals surface area contributed by atoms with E-state index in [1.165, 1.54) is 18.1 Å². The van der Waals surface area contributed by atoms with Crippen molar-refractivity contribution in [1.29, 1.82) is 0 Å². The minimum absolute atomic E-state index is 0.0400. The average Bonchev–Trinajstić information content (AvgIpc) is 2.85. The van der Waals surface area contributed by atoms with Gasteiger partial charge in [-0.1, -0.05) is 18.1 Å². The van der Waals surface area contributed by atoms with Gasteiger partial charge in [0.15, 0.2) is 12.0 Å². The van der Waals surface area contributed by atoms with E-state index in [0.717, 1.165) is 38.5 Å². The van der Waals surface area contributed by atoms with Crippen LogP contribution in [0.2, 0.25) is 0 Å². The molecule has 0 aromatic rings. The molecule has 0 radical (unpaired) electrons. The van der Waals surface area contributed by atoms with Crippen LogP contribution in [0.15, 0.2) is 11.1 Å². The molecule has 0 aliphatic heterocycles. The Morgan fingerprint density at radius 1 is 1.25 bits per heavy atom. The molecular weight excluding hydrogens is 307 g/mol. The van der Waals surface area contributed by atoms with Crippen molar-refractivity contribution in [2.45, 2.75) is 77.5 Å². The number of carbonyl (C=O) groups excluding carboxylic acids is 2. The Labute approximate surface area is 143 Å². The van der Waals surface area contributed by atoms with Crippen molar-refractivity contribution in [2.24, 2.45) is 23.2 Å². The summed E-state index contributed by atoms with van der Waals surface area (Å²) in [4.78, 5) is 23.2. The highest BCUT2D eigenvalue weighted by Gasteiger charge is 2.56. The molecule has 0 aromatic carbocycles. The molecule has 132 valence electrons. The van der Waals surface area contributed by atoms with E-state index in [1.54, 1.807) is 0 Å². The van der Waals surface area contributed by atoms with Gasteiger partial charge in [0.25, 0.3) is 0 Å². The maximum Gasteiger partial charge on any atom is 0.302 e. The van der Waals surface area contributed by atoms with Crippen LogP contribution >= 0.6 is 0 Å². The molecule has 24 heavy (non-hydrogen) atoms. The van der Waals surface area contributed by atoms with E-state index in [2.05, 4.69) is 6.92 Å². The summed E-state index contributed by atoms with van der Waals surface area (Å²) in [7, 11) is 0. The lowest BCUT2D eigenvalue weighted by Crippen LogP contribution is -2.46. The molecule has 3 nitrogen and oxygen atoms in total. The van der Waals surface area contributed by atoms with E-state index in [1.807, 2.05) is 0 Å². The standard InChI is InChI=1S/C20H27FO3/c1-11(22)24-19-6-5-16-14-4-3-12-9-18(23)17(21)10-15(12)13(14)7-8-20(16,19)2/h13-14,16-17,19H,3-10H2,1-2H3/t13-,14+,16-,17-,19+,20-/m0/s1. The fourth-order valence-corrected chi connectivity index (χ4v) is 6.36. The van der Waals surface area contributed by atoms with Gasteiger partial charge in [-0.25, -0.2) is 4.39 Å². The van der Waals surface area contributed by atoms with Crippen LogP contribution in [0.25, 0.3) is 0 Å². The molecule has 0 N–H and O–H groups in total. The summed E-state index contributed by atoms with van der Waals surface area (Å²) in [5.74, 6) is 1.19. The maximum absolute atomic E-state index is 14.0. The van der Waals surface area contributed by atoms with E-state index in [9.17, 15) is 14.0 Å². The third-order valence-corrected chi connectivity index (χ3v) is 7.48. The number of hydrogen-bond donors (Lipinski definition) is 0. The summed E-state index contributed by atoms with van der Waals surface area (Å²) in [5, 5.41) is 0. The third-order valence-electron chi connectivity index (χ3n) is 7.48. The molecule has 0 spiro atoms. The minimum atomic E-state index is -1.28.